The van der Waals surface area contributed by atoms with Gasteiger partial charge in [-0.1, -0.05) is 6.07 Å². The maximum Gasteiger partial charge on any atom is 0.319 e. The Hall–Kier alpha value is -2.96. The third kappa shape index (κ3) is 3.68. The zero-order valence-corrected chi connectivity index (χ0v) is 12.6. The fourth-order valence-electron chi connectivity index (χ4n) is 2.58. The first-order valence-electron chi connectivity index (χ1n) is 7.40. The Morgan fingerprint density at radius 1 is 1.08 bits per heavy atom. The second-order valence-electron chi connectivity index (χ2n) is 5.49. The lowest BCUT2D eigenvalue weighted by molar-refractivity contribution is -0.117. The van der Waals surface area contributed by atoms with Crippen molar-refractivity contribution in [3.63, 3.8) is 0 Å². The Bertz CT molecular complexity index is 765. The quantitative estimate of drug-likeness (QED) is 0.908. The van der Waals surface area contributed by atoms with Gasteiger partial charge < -0.3 is 15.5 Å². The lowest BCUT2D eigenvalue weighted by atomic mass is 10.2. The summed E-state index contributed by atoms with van der Waals surface area (Å²) in [7, 11) is 0. The third-order valence-electron chi connectivity index (χ3n) is 3.68. The summed E-state index contributed by atoms with van der Waals surface area (Å²) in [6.45, 7) is 0.263. The lowest BCUT2D eigenvalue weighted by Gasteiger charge is -2.17. The first-order valence-corrected chi connectivity index (χ1v) is 7.40. The van der Waals surface area contributed by atoms with Crippen molar-refractivity contribution in [3.05, 3.63) is 60.2 Å². The molecule has 3 rings (SSSR count). The van der Waals surface area contributed by atoms with E-state index in [1.165, 1.54) is 47.4 Å². The van der Waals surface area contributed by atoms with Crippen LogP contribution in [-0.4, -0.2) is 24.5 Å². The summed E-state index contributed by atoms with van der Waals surface area (Å²) in [5.41, 5.74) is 0.906. The molecular formula is C17H15F2N3O2. The van der Waals surface area contributed by atoms with Crippen LogP contribution in [-0.2, 0) is 4.79 Å². The van der Waals surface area contributed by atoms with Gasteiger partial charge in [-0.05, 0) is 42.5 Å². The van der Waals surface area contributed by atoms with Gasteiger partial charge in [-0.15, -0.1) is 0 Å². The Labute approximate surface area is 137 Å². The molecule has 3 amide bonds. The zero-order valence-electron chi connectivity index (χ0n) is 12.6. The lowest BCUT2D eigenvalue weighted by Crippen LogP contribution is -2.39. The number of nitrogens with zero attached hydrogens (tertiary/aromatic N) is 1. The molecule has 1 fully saturated rings. The maximum absolute atomic E-state index is 13.3. The Morgan fingerprint density at radius 2 is 1.83 bits per heavy atom. The van der Waals surface area contributed by atoms with Crippen molar-refractivity contribution in [2.75, 3.05) is 16.8 Å². The molecule has 1 saturated heterocycles. The molecule has 1 atom stereocenters. The van der Waals surface area contributed by atoms with E-state index in [1.54, 1.807) is 6.07 Å². The third-order valence-corrected chi connectivity index (χ3v) is 3.68. The summed E-state index contributed by atoms with van der Waals surface area (Å²) in [5.74, 6) is -1.01. The van der Waals surface area contributed by atoms with Crippen LogP contribution in [0, 0.1) is 11.6 Å². The average Bonchev–Trinajstić information content (AvgIpc) is 2.90. The molecule has 0 spiro atoms. The summed E-state index contributed by atoms with van der Waals surface area (Å²) in [6, 6.07) is 10.2. The van der Waals surface area contributed by atoms with Gasteiger partial charge in [0.2, 0.25) is 5.91 Å². The van der Waals surface area contributed by atoms with Crippen LogP contribution in [0.2, 0.25) is 0 Å². The summed E-state index contributed by atoms with van der Waals surface area (Å²) in [4.78, 5) is 25.5. The van der Waals surface area contributed by atoms with Crippen molar-refractivity contribution in [3.8, 4) is 0 Å². The molecule has 0 bridgehead atoms. The van der Waals surface area contributed by atoms with Crippen LogP contribution in [0.25, 0.3) is 0 Å². The summed E-state index contributed by atoms with van der Waals surface area (Å²) < 4.78 is 26.1. The van der Waals surface area contributed by atoms with Gasteiger partial charge in [0.1, 0.15) is 11.6 Å². The first kappa shape index (κ1) is 15.9. The highest BCUT2D eigenvalue weighted by Crippen LogP contribution is 2.22. The highest BCUT2D eigenvalue weighted by atomic mass is 19.1. The molecule has 0 unspecified atom stereocenters. The van der Waals surface area contributed by atoms with Gasteiger partial charge in [-0.2, -0.15) is 0 Å². The van der Waals surface area contributed by atoms with E-state index in [9.17, 15) is 18.4 Å². The second kappa shape index (κ2) is 6.66. The van der Waals surface area contributed by atoms with Crippen molar-refractivity contribution in [1.29, 1.82) is 0 Å². The van der Waals surface area contributed by atoms with E-state index in [-0.39, 0.29) is 24.9 Å². The number of rotatable bonds is 3. The second-order valence-corrected chi connectivity index (χ2v) is 5.49. The monoisotopic (exact) mass is 331 g/mol. The van der Waals surface area contributed by atoms with Gasteiger partial charge in [-0.25, -0.2) is 13.6 Å². The molecule has 0 aromatic heterocycles. The van der Waals surface area contributed by atoms with Crippen molar-refractivity contribution >= 4 is 23.3 Å². The molecule has 0 saturated carbocycles. The number of amides is 3. The number of carbonyl (C=O) groups excluding carboxylic acids is 2. The number of benzene rings is 2. The molecule has 2 N–H and O–H groups in total. The fraction of sp³-hybridized carbons (Fsp3) is 0.176. The van der Waals surface area contributed by atoms with Gasteiger partial charge in [-0.3, -0.25) is 4.79 Å². The number of halogens is 2. The molecule has 5 nitrogen and oxygen atoms in total. The summed E-state index contributed by atoms with van der Waals surface area (Å²) in [6.07, 6.45) is 0.132. The predicted molar refractivity (Wildman–Crippen MR) is 85.7 cm³/mol. The van der Waals surface area contributed by atoms with Crippen LogP contribution in [0.3, 0.4) is 0 Å². The summed E-state index contributed by atoms with van der Waals surface area (Å²) in [5, 5.41) is 5.25. The van der Waals surface area contributed by atoms with Crippen LogP contribution in [0.1, 0.15) is 6.42 Å². The van der Waals surface area contributed by atoms with E-state index in [2.05, 4.69) is 10.6 Å². The van der Waals surface area contributed by atoms with E-state index < -0.39 is 17.7 Å². The van der Waals surface area contributed by atoms with Crippen LogP contribution in [0.15, 0.2) is 48.5 Å². The summed E-state index contributed by atoms with van der Waals surface area (Å²) >= 11 is 0. The molecule has 2 aromatic carbocycles. The molecular weight excluding hydrogens is 316 g/mol. The fourth-order valence-corrected chi connectivity index (χ4v) is 2.58. The molecule has 1 heterocycles. The number of carbonyl (C=O) groups is 2. The van der Waals surface area contributed by atoms with Gasteiger partial charge in [0.15, 0.2) is 0 Å². The van der Waals surface area contributed by atoms with Crippen molar-refractivity contribution in [2.45, 2.75) is 12.5 Å². The minimum absolute atomic E-state index is 0.132. The van der Waals surface area contributed by atoms with Gasteiger partial charge in [0.25, 0.3) is 0 Å². The Morgan fingerprint density at radius 3 is 2.54 bits per heavy atom. The maximum atomic E-state index is 13.3. The number of hydrogen-bond acceptors (Lipinski definition) is 2. The molecule has 24 heavy (non-hydrogen) atoms. The molecule has 0 radical (unpaired) electrons. The topological polar surface area (TPSA) is 61.4 Å². The largest absolute Gasteiger partial charge is 0.333 e. The van der Waals surface area contributed by atoms with E-state index in [4.69, 9.17) is 0 Å². The standard InChI is InChI=1S/C17H15F2N3O2/c18-11-4-6-13(7-5-11)20-17(24)21-14-9-16(23)22(10-14)15-3-1-2-12(19)8-15/h1-8,14H,9-10H2,(H2,20,21,24)/t14-/m1/s1. The Kier molecular flexibility index (Phi) is 4.41. The minimum Gasteiger partial charge on any atom is -0.333 e. The SMILES string of the molecule is O=C(Nc1ccc(F)cc1)N[C@@H]1CC(=O)N(c2cccc(F)c2)C1. The number of urea groups is 1. The smallest absolute Gasteiger partial charge is 0.319 e. The van der Waals surface area contributed by atoms with Crippen LogP contribution in [0.4, 0.5) is 25.0 Å². The van der Waals surface area contributed by atoms with E-state index >= 15 is 0 Å². The van der Waals surface area contributed by atoms with Crippen molar-refractivity contribution < 1.29 is 18.4 Å². The van der Waals surface area contributed by atoms with Crippen LogP contribution < -0.4 is 15.5 Å². The first-order chi connectivity index (χ1) is 11.5. The number of hydrogen-bond donors (Lipinski definition) is 2. The van der Waals surface area contributed by atoms with E-state index in [0.29, 0.717) is 11.4 Å². The number of anilines is 2. The molecule has 0 aliphatic carbocycles. The van der Waals surface area contributed by atoms with Crippen LogP contribution >= 0.6 is 0 Å². The molecule has 2 aromatic rings. The van der Waals surface area contributed by atoms with Gasteiger partial charge in [0, 0.05) is 24.3 Å². The molecule has 124 valence electrons. The molecule has 1 aliphatic rings. The highest BCUT2D eigenvalue weighted by molar-refractivity contribution is 5.97. The van der Waals surface area contributed by atoms with E-state index in [0.717, 1.165) is 0 Å². The predicted octanol–water partition coefficient (Wildman–Crippen LogP) is 2.89. The normalized spacial score (nSPS) is 17.0. The molecule has 1 aliphatic heterocycles. The van der Waals surface area contributed by atoms with Gasteiger partial charge in [0.05, 0.1) is 6.04 Å². The van der Waals surface area contributed by atoms with E-state index in [1.807, 2.05) is 0 Å². The van der Waals surface area contributed by atoms with Crippen molar-refractivity contribution in [2.24, 2.45) is 0 Å². The van der Waals surface area contributed by atoms with Gasteiger partial charge >= 0.3 is 6.03 Å². The van der Waals surface area contributed by atoms with Crippen molar-refractivity contribution in [1.82, 2.24) is 5.32 Å². The van der Waals surface area contributed by atoms with Crippen LogP contribution in [0.5, 0.6) is 0 Å². The highest BCUT2D eigenvalue weighted by Gasteiger charge is 2.31. The average molecular weight is 331 g/mol. The number of nitrogens with one attached hydrogen (secondary N) is 2. The molecule has 7 heteroatoms. The Balaban J connectivity index is 1.59. The zero-order chi connectivity index (χ0) is 17.1. The minimum atomic E-state index is -0.486.